The Bertz CT molecular complexity index is 398. The first-order valence-electron chi connectivity index (χ1n) is 5.87. The van der Waals surface area contributed by atoms with Crippen LogP contribution < -0.4 is 0 Å². The van der Waals surface area contributed by atoms with Gasteiger partial charge < -0.3 is 15.3 Å². The highest BCUT2D eigenvalue weighted by Crippen LogP contribution is 2.41. The molecule has 0 heterocycles. The smallest absolute Gasteiger partial charge is 0.129 e. The minimum atomic E-state index is -1.21. The van der Waals surface area contributed by atoms with Crippen molar-refractivity contribution >= 4 is 0 Å². The van der Waals surface area contributed by atoms with E-state index in [1.807, 2.05) is 0 Å². The average molecular weight is 240 g/mol. The summed E-state index contributed by atoms with van der Waals surface area (Å²) < 4.78 is 13.7. The van der Waals surface area contributed by atoms with Crippen molar-refractivity contribution in [1.29, 1.82) is 0 Å². The molecule has 0 bridgehead atoms. The standard InChI is InChI=1S/C13H17FO3/c14-12-2-1-10(16)7-11(12)13(17)5-3-9(8-15)4-6-13/h1-2,7,9,15-17H,3-6,8H2/t9-,13-. The van der Waals surface area contributed by atoms with Gasteiger partial charge >= 0.3 is 0 Å². The zero-order valence-electron chi connectivity index (χ0n) is 9.56. The summed E-state index contributed by atoms with van der Waals surface area (Å²) in [7, 11) is 0. The average Bonchev–Trinajstić information content (AvgIpc) is 2.33. The molecule has 1 aliphatic carbocycles. The molecular weight excluding hydrogens is 223 g/mol. The van der Waals surface area contributed by atoms with Crippen molar-refractivity contribution in [2.24, 2.45) is 5.92 Å². The largest absolute Gasteiger partial charge is 0.508 e. The van der Waals surface area contributed by atoms with Crippen LogP contribution in [0.4, 0.5) is 4.39 Å². The van der Waals surface area contributed by atoms with Crippen molar-refractivity contribution in [3.05, 3.63) is 29.6 Å². The van der Waals surface area contributed by atoms with E-state index < -0.39 is 11.4 Å². The van der Waals surface area contributed by atoms with Crippen molar-refractivity contribution in [2.45, 2.75) is 31.3 Å². The zero-order valence-corrected chi connectivity index (χ0v) is 9.56. The van der Waals surface area contributed by atoms with E-state index in [1.54, 1.807) is 0 Å². The minimum absolute atomic E-state index is 0.0425. The van der Waals surface area contributed by atoms with Crippen LogP contribution in [0.1, 0.15) is 31.2 Å². The van der Waals surface area contributed by atoms with Gasteiger partial charge in [-0.1, -0.05) is 0 Å². The van der Waals surface area contributed by atoms with Crippen LogP contribution in [0, 0.1) is 11.7 Å². The van der Waals surface area contributed by atoms with Gasteiger partial charge in [-0.25, -0.2) is 4.39 Å². The number of aliphatic hydroxyl groups excluding tert-OH is 1. The lowest BCUT2D eigenvalue weighted by Crippen LogP contribution is -2.33. The van der Waals surface area contributed by atoms with Crippen LogP contribution >= 0.6 is 0 Å². The molecule has 1 fully saturated rings. The molecule has 1 aromatic carbocycles. The van der Waals surface area contributed by atoms with Crippen LogP contribution in [0.3, 0.4) is 0 Å². The Morgan fingerprint density at radius 2 is 1.94 bits per heavy atom. The van der Waals surface area contributed by atoms with E-state index >= 15 is 0 Å². The van der Waals surface area contributed by atoms with Crippen molar-refractivity contribution in [3.8, 4) is 5.75 Å². The van der Waals surface area contributed by atoms with Crippen molar-refractivity contribution in [2.75, 3.05) is 6.61 Å². The van der Waals surface area contributed by atoms with Crippen molar-refractivity contribution < 1.29 is 19.7 Å². The number of aromatic hydroxyl groups is 1. The number of aliphatic hydroxyl groups is 2. The molecule has 0 amide bonds. The van der Waals surface area contributed by atoms with Gasteiger partial charge in [0.1, 0.15) is 11.6 Å². The lowest BCUT2D eigenvalue weighted by molar-refractivity contribution is -0.0239. The Morgan fingerprint density at radius 1 is 1.29 bits per heavy atom. The molecule has 3 nitrogen and oxygen atoms in total. The third-order valence-electron chi connectivity index (χ3n) is 3.64. The van der Waals surface area contributed by atoms with E-state index in [4.69, 9.17) is 5.11 Å². The molecule has 0 aliphatic heterocycles. The first kappa shape index (κ1) is 12.3. The lowest BCUT2D eigenvalue weighted by Gasteiger charge is -2.36. The highest BCUT2D eigenvalue weighted by Gasteiger charge is 2.36. The van der Waals surface area contributed by atoms with Gasteiger partial charge in [0.2, 0.25) is 0 Å². The second kappa shape index (κ2) is 4.63. The first-order chi connectivity index (χ1) is 8.05. The van der Waals surface area contributed by atoms with Crippen LogP contribution in [-0.4, -0.2) is 21.9 Å². The van der Waals surface area contributed by atoms with E-state index in [0.717, 1.165) is 0 Å². The Hall–Kier alpha value is -1.13. The van der Waals surface area contributed by atoms with E-state index in [2.05, 4.69) is 0 Å². The Labute approximate surface area is 99.5 Å². The molecule has 0 spiro atoms. The quantitative estimate of drug-likeness (QED) is 0.740. The predicted molar refractivity (Wildman–Crippen MR) is 61.0 cm³/mol. The topological polar surface area (TPSA) is 60.7 Å². The number of rotatable bonds is 2. The highest BCUT2D eigenvalue weighted by molar-refractivity contribution is 5.33. The normalized spacial score (nSPS) is 29.2. The zero-order chi connectivity index (χ0) is 12.5. The number of benzene rings is 1. The SMILES string of the molecule is OC[C@H]1CC[C@@](O)(c2cc(O)ccc2F)CC1. The van der Waals surface area contributed by atoms with E-state index in [1.165, 1.54) is 18.2 Å². The maximum absolute atomic E-state index is 13.7. The Kier molecular flexibility index (Phi) is 3.35. The summed E-state index contributed by atoms with van der Waals surface area (Å²) in [6, 6.07) is 3.72. The van der Waals surface area contributed by atoms with Crippen LogP contribution in [0.5, 0.6) is 5.75 Å². The number of hydrogen-bond acceptors (Lipinski definition) is 3. The van der Waals surface area contributed by atoms with Gasteiger partial charge in [-0.15, -0.1) is 0 Å². The van der Waals surface area contributed by atoms with Crippen molar-refractivity contribution in [3.63, 3.8) is 0 Å². The van der Waals surface area contributed by atoms with Gasteiger partial charge in [0.05, 0.1) is 5.60 Å². The summed E-state index contributed by atoms with van der Waals surface area (Å²) in [4.78, 5) is 0. The first-order valence-corrected chi connectivity index (χ1v) is 5.87. The molecule has 1 saturated carbocycles. The maximum Gasteiger partial charge on any atom is 0.129 e. The van der Waals surface area contributed by atoms with Crippen LogP contribution in [0.15, 0.2) is 18.2 Å². The number of hydrogen-bond donors (Lipinski definition) is 3. The summed E-state index contributed by atoms with van der Waals surface area (Å²) in [5.41, 5.74) is -1.05. The number of phenols is 1. The third kappa shape index (κ3) is 2.42. The molecule has 94 valence electrons. The van der Waals surface area contributed by atoms with Crippen molar-refractivity contribution in [1.82, 2.24) is 0 Å². The van der Waals surface area contributed by atoms with Crippen LogP contribution in [0.25, 0.3) is 0 Å². The van der Waals surface area contributed by atoms with Gasteiger partial charge in [-0.05, 0) is 49.8 Å². The fourth-order valence-electron chi connectivity index (χ4n) is 2.48. The molecule has 0 unspecified atom stereocenters. The molecule has 2 rings (SSSR count). The number of phenolic OH excluding ortho intramolecular Hbond substituents is 1. The molecule has 4 heteroatoms. The molecule has 0 radical (unpaired) electrons. The molecule has 1 aliphatic rings. The molecule has 3 N–H and O–H groups in total. The second-order valence-corrected chi connectivity index (χ2v) is 4.82. The lowest BCUT2D eigenvalue weighted by atomic mass is 9.75. The summed E-state index contributed by atoms with van der Waals surface area (Å²) in [6.45, 7) is 0.110. The predicted octanol–water partition coefficient (Wildman–Crippen LogP) is 1.90. The van der Waals surface area contributed by atoms with Gasteiger partial charge in [-0.2, -0.15) is 0 Å². The Balaban J connectivity index is 2.24. The second-order valence-electron chi connectivity index (χ2n) is 4.82. The van der Waals surface area contributed by atoms with E-state index in [-0.39, 0.29) is 23.8 Å². The molecule has 0 aromatic heterocycles. The fourth-order valence-corrected chi connectivity index (χ4v) is 2.48. The minimum Gasteiger partial charge on any atom is -0.508 e. The van der Waals surface area contributed by atoms with E-state index in [9.17, 15) is 14.6 Å². The molecule has 17 heavy (non-hydrogen) atoms. The summed E-state index contributed by atoms with van der Waals surface area (Å²) in [5, 5.41) is 28.8. The van der Waals surface area contributed by atoms with Gasteiger partial charge in [0.15, 0.2) is 0 Å². The monoisotopic (exact) mass is 240 g/mol. The van der Waals surface area contributed by atoms with E-state index in [0.29, 0.717) is 25.7 Å². The summed E-state index contributed by atoms with van der Waals surface area (Å²) in [5.74, 6) is -0.345. The number of halogens is 1. The maximum atomic E-state index is 13.7. The van der Waals surface area contributed by atoms with Crippen LogP contribution in [0.2, 0.25) is 0 Å². The Morgan fingerprint density at radius 3 is 2.53 bits per heavy atom. The molecule has 1 aromatic rings. The highest BCUT2D eigenvalue weighted by atomic mass is 19.1. The summed E-state index contributed by atoms with van der Waals surface area (Å²) in [6.07, 6.45) is 2.17. The molecule has 0 atom stereocenters. The van der Waals surface area contributed by atoms with Crippen LogP contribution in [-0.2, 0) is 5.60 Å². The van der Waals surface area contributed by atoms with Gasteiger partial charge in [0, 0.05) is 12.2 Å². The van der Waals surface area contributed by atoms with Gasteiger partial charge in [-0.3, -0.25) is 0 Å². The molecular formula is C13H17FO3. The van der Waals surface area contributed by atoms with Gasteiger partial charge in [0.25, 0.3) is 0 Å². The molecule has 0 saturated heterocycles. The summed E-state index contributed by atoms with van der Waals surface area (Å²) >= 11 is 0. The third-order valence-corrected chi connectivity index (χ3v) is 3.64. The fraction of sp³-hybridized carbons (Fsp3) is 0.538.